The number of ether oxygens (including phenoxy) is 1. The lowest BCUT2D eigenvalue weighted by Crippen LogP contribution is -2.35. The number of furan rings is 1. The van der Waals surface area contributed by atoms with E-state index in [1.807, 2.05) is 84.9 Å². The van der Waals surface area contributed by atoms with Gasteiger partial charge in [-0.15, -0.1) is 0 Å². The molecule has 1 aliphatic heterocycles. The van der Waals surface area contributed by atoms with E-state index in [9.17, 15) is 0 Å². The van der Waals surface area contributed by atoms with Crippen LogP contribution in [-0.2, 0) is 5.41 Å². The highest BCUT2D eigenvalue weighted by Crippen LogP contribution is 2.59. The first kappa shape index (κ1) is 29.6. The molecule has 2 aliphatic rings. The van der Waals surface area contributed by atoms with Crippen molar-refractivity contribution in [2.45, 2.75) is 5.41 Å². The molecule has 9 aromatic rings. The van der Waals surface area contributed by atoms with Crippen LogP contribution in [0.3, 0.4) is 0 Å². The molecule has 1 spiro atoms. The van der Waals surface area contributed by atoms with Gasteiger partial charge in [0.2, 0.25) is 0 Å². The molecule has 0 saturated carbocycles. The predicted molar refractivity (Wildman–Crippen MR) is 211 cm³/mol. The minimum Gasteiger partial charge on any atom is -0.457 e. The molecule has 11 rings (SSSR count). The molecule has 7 aromatic carbocycles. The lowest BCUT2D eigenvalue weighted by molar-refractivity contribution is 0.435. The summed E-state index contributed by atoms with van der Waals surface area (Å²) < 4.78 is 13.4. The highest BCUT2D eigenvalue weighted by atomic mass is 16.5. The number of aromatic nitrogens is 3. The summed E-state index contributed by atoms with van der Waals surface area (Å²) in [4.78, 5) is 15.2. The molecule has 53 heavy (non-hydrogen) atoms. The topological polar surface area (TPSA) is 61.0 Å². The van der Waals surface area contributed by atoms with Crippen molar-refractivity contribution in [1.29, 1.82) is 0 Å². The fourth-order valence-electron chi connectivity index (χ4n) is 8.25. The second-order valence-corrected chi connectivity index (χ2v) is 13.6. The van der Waals surface area contributed by atoms with Gasteiger partial charge in [-0.2, -0.15) is 0 Å². The zero-order valence-corrected chi connectivity index (χ0v) is 28.4. The smallest absolute Gasteiger partial charge is 0.164 e. The molecule has 0 fully saturated rings. The van der Waals surface area contributed by atoms with Gasteiger partial charge in [-0.25, -0.2) is 15.0 Å². The maximum atomic E-state index is 6.85. The van der Waals surface area contributed by atoms with Crippen LogP contribution in [0.4, 0.5) is 0 Å². The first-order chi connectivity index (χ1) is 26.2. The summed E-state index contributed by atoms with van der Waals surface area (Å²) in [5.41, 5.74) is 10.2. The number of fused-ring (bicyclic) bond motifs is 11. The van der Waals surface area contributed by atoms with E-state index in [1.165, 1.54) is 0 Å². The lowest BCUT2D eigenvalue weighted by Gasteiger charge is -2.42. The third-order valence-corrected chi connectivity index (χ3v) is 10.6. The predicted octanol–water partition coefficient (Wildman–Crippen LogP) is 11.7. The molecule has 248 valence electrons. The van der Waals surface area contributed by atoms with Crippen LogP contribution in [0.15, 0.2) is 168 Å². The summed E-state index contributed by atoms with van der Waals surface area (Å²) in [7, 11) is 0. The Hall–Kier alpha value is -7.11. The Morgan fingerprint density at radius 1 is 0.377 bits per heavy atom. The molecule has 1 atom stereocenters. The van der Waals surface area contributed by atoms with Gasteiger partial charge in [-0.1, -0.05) is 146 Å². The highest BCUT2D eigenvalue weighted by Gasteiger charge is 2.48. The molecule has 0 bridgehead atoms. The average Bonchev–Trinajstić information content (AvgIpc) is 3.52. The van der Waals surface area contributed by atoms with E-state index in [4.69, 9.17) is 24.1 Å². The minimum absolute atomic E-state index is 0.602. The Bertz CT molecular complexity index is 2870. The monoisotopic (exact) mass is 679 g/mol. The third kappa shape index (κ3) is 4.47. The van der Waals surface area contributed by atoms with Crippen molar-refractivity contribution in [1.82, 2.24) is 15.0 Å². The Kier molecular flexibility index (Phi) is 6.40. The molecule has 3 heterocycles. The van der Waals surface area contributed by atoms with Gasteiger partial charge in [0.15, 0.2) is 17.5 Å². The maximum absolute atomic E-state index is 6.85. The van der Waals surface area contributed by atoms with E-state index in [2.05, 4.69) is 91.0 Å². The second-order valence-electron chi connectivity index (χ2n) is 13.6. The van der Waals surface area contributed by atoms with Gasteiger partial charge in [0.05, 0.1) is 5.41 Å². The van der Waals surface area contributed by atoms with Gasteiger partial charge < -0.3 is 9.15 Å². The van der Waals surface area contributed by atoms with Crippen LogP contribution in [0.5, 0.6) is 11.5 Å². The van der Waals surface area contributed by atoms with Crippen molar-refractivity contribution in [2.24, 2.45) is 0 Å². The molecular weight excluding hydrogens is 651 g/mol. The van der Waals surface area contributed by atoms with Crippen molar-refractivity contribution in [2.75, 3.05) is 0 Å². The fourth-order valence-corrected chi connectivity index (χ4v) is 8.25. The summed E-state index contributed by atoms with van der Waals surface area (Å²) in [6.07, 6.45) is 4.45. The SMILES string of the molecule is C1=Cc2ccc(-c3nc(-c4ccccc4)nc(-c4ccccc4)n3)cc2C2(c3ccccc31)c1ccccc1Oc1cc3c(cc12)oc1ccccc13. The van der Waals surface area contributed by atoms with Crippen LogP contribution in [0.1, 0.15) is 33.4 Å². The van der Waals surface area contributed by atoms with E-state index in [0.717, 1.165) is 83.5 Å². The van der Waals surface area contributed by atoms with Crippen molar-refractivity contribution < 1.29 is 9.15 Å². The van der Waals surface area contributed by atoms with Crippen LogP contribution < -0.4 is 4.74 Å². The highest BCUT2D eigenvalue weighted by molar-refractivity contribution is 6.06. The molecule has 0 saturated heterocycles. The summed E-state index contributed by atoms with van der Waals surface area (Å²) in [6.45, 7) is 0. The Labute approximate surface area is 305 Å². The van der Waals surface area contributed by atoms with Crippen LogP contribution >= 0.6 is 0 Å². The second kappa shape index (κ2) is 11.5. The summed E-state index contributed by atoms with van der Waals surface area (Å²) >= 11 is 0. The molecule has 0 amide bonds. The quantitative estimate of drug-likeness (QED) is 0.186. The summed E-state index contributed by atoms with van der Waals surface area (Å²) in [6, 6.07) is 56.4. The minimum atomic E-state index is -0.777. The van der Waals surface area contributed by atoms with Crippen LogP contribution in [0, 0.1) is 0 Å². The molecule has 2 aromatic heterocycles. The van der Waals surface area contributed by atoms with Crippen LogP contribution in [0.2, 0.25) is 0 Å². The normalized spacial score (nSPS) is 15.3. The molecule has 1 aliphatic carbocycles. The van der Waals surface area contributed by atoms with Gasteiger partial charge >= 0.3 is 0 Å². The lowest BCUT2D eigenvalue weighted by atomic mass is 9.62. The first-order valence-corrected chi connectivity index (χ1v) is 17.8. The van der Waals surface area contributed by atoms with Crippen molar-refractivity contribution >= 4 is 34.1 Å². The van der Waals surface area contributed by atoms with Gasteiger partial charge in [0, 0.05) is 38.6 Å². The van der Waals surface area contributed by atoms with E-state index in [-0.39, 0.29) is 0 Å². The van der Waals surface area contributed by atoms with Gasteiger partial charge in [0.1, 0.15) is 22.7 Å². The Morgan fingerprint density at radius 3 is 1.74 bits per heavy atom. The molecule has 5 heteroatoms. The summed E-state index contributed by atoms with van der Waals surface area (Å²) in [5.74, 6) is 3.47. The fraction of sp³-hybridized carbons (Fsp3) is 0.0208. The Morgan fingerprint density at radius 2 is 0.981 bits per heavy atom. The van der Waals surface area contributed by atoms with Gasteiger partial charge in [-0.3, -0.25) is 0 Å². The zero-order chi connectivity index (χ0) is 34.9. The zero-order valence-electron chi connectivity index (χ0n) is 28.4. The molecule has 5 nitrogen and oxygen atoms in total. The van der Waals surface area contributed by atoms with Crippen molar-refractivity contribution in [3.05, 3.63) is 197 Å². The first-order valence-electron chi connectivity index (χ1n) is 17.8. The van der Waals surface area contributed by atoms with Crippen molar-refractivity contribution in [3.63, 3.8) is 0 Å². The summed E-state index contributed by atoms with van der Waals surface area (Å²) in [5, 5.41) is 2.08. The maximum Gasteiger partial charge on any atom is 0.164 e. The number of para-hydroxylation sites is 2. The van der Waals surface area contributed by atoms with E-state index < -0.39 is 5.41 Å². The number of hydrogen-bond acceptors (Lipinski definition) is 5. The van der Waals surface area contributed by atoms with E-state index in [1.54, 1.807) is 0 Å². The van der Waals surface area contributed by atoms with Gasteiger partial charge in [0.25, 0.3) is 0 Å². The van der Waals surface area contributed by atoms with Gasteiger partial charge in [-0.05, 0) is 52.6 Å². The number of hydrogen-bond donors (Lipinski definition) is 0. The average molecular weight is 680 g/mol. The van der Waals surface area contributed by atoms with Crippen LogP contribution in [0.25, 0.3) is 68.3 Å². The third-order valence-electron chi connectivity index (χ3n) is 10.6. The molecular formula is C48H29N3O2. The van der Waals surface area contributed by atoms with Crippen molar-refractivity contribution in [3.8, 4) is 45.7 Å². The molecule has 0 N–H and O–H groups in total. The van der Waals surface area contributed by atoms with Crippen LogP contribution in [-0.4, -0.2) is 15.0 Å². The largest absolute Gasteiger partial charge is 0.457 e. The van der Waals surface area contributed by atoms with E-state index >= 15 is 0 Å². The van der Waals surface area contributed by atoms with E-state index in [0.29, 0.717) is 17.5 Å². The molecule has 0 radical (unpaired) electrons. The number of nitrogens with zero attached hydrogens (tertiary/aromatic N) is 3. The number of benzene rings is 7. The molecule has 1 unspecified atom stereocenters. The standard InChI is InChI=1S/C48H29N3O2/c1-3-14-32(15-4-1)45-49-46(33-16-5-2-6-17-33)51-47(50-45)34-26-25-31-24-23-30-13-7-9-19-37(30)48(39(31)27-34)38-20-10-12-22-42(38)53-44-28-36-35-18-8-11-21-41(35)52-43(36)29-40(44)48/h1-29H. The number of rotatable bonds is 3. The Balaban J connectivity index is 1.23.